The third-order valence-corrected chi connectivity index (χ3v) is 5.32. The predicted octanol–water partition coefficient (Wildman–Crippen LogP) is 2.98. The van der Waals surface area contributed by atoms with Crippen LogP contribution in [0.3, 0.4) is 0 Å². The molecule has 0 atom stereocenters. The van der Waals surface area contributed by atoms with E-state index in [1.54, 1.807) is 22.6 Å². The van der Waals surface area contributed by atoms with E-state index in [9.17, 15) is 0 Å². The number of rotatable bonds is 5. The molecule has 0 unspecified atom stereocenters. The fraction of sp³-hybridized carbons (Fsp3) is 0.0909. The zero-order valence-corrected chi connectivity index (χ0v) is 17.0. The SMILES string of the molecule is COc1ccc(-c2[nH]c3cnc4ncnn4c3c2Cn2nnc(-c3ccccc3)n2)cc1. The molecule has 4 heterocycles. The Bertz CT molecular complexity index is 1530. The maximum atomic E-state index is 5.31. The fourth-order valence-electron chi connectivity index (χ4n) is 3.80. The first-order chi connectivity index (χ1) is 15.8. The van der Waals surface area contributed by atoms with Crippen molar-refractivity contribution in [3.8, 4) is 28.4 Å². The normalized spacial score (nSPS) is 11.4. The highest BCUT2D eigenvalue weighted by molar-refractivity contribution is 5.88. The summed E-state index contributed by atoms with van der Waals surface area (Å²) in [6, 6.07) is 17.6. The Kier molecular flexibility index (Phi) is 4.13. The summed E-state index contributed by atoms with van der Waals surface area (Å²) >= 11 is 0. The van der Waals surface area contributed by atoms with Crippen LogP contribution in [-0.2, 0) is 6.54 Å². The van der Waals surface area contributed by atoms with Gasteiger partial charge in [0.25, 0.3) is 5.78 Å². The molecule has 10 nitrogen and oxygen atoms in total. The lowest BCUT2D eigenvalue weighted by molar-refractivity contribution is 0.415. The predicted molar refractivity (Wildman–Crippen MR) is 117 cm³/mol. The van der Waals surface area contributed by atoms with E-state index in [0.717, 1.165) is 39.2 Å². The molecule has 32 heavy (non-hydrogen) atoms. The zero-order valence-electron chi connectivity index (χ0n) is 17.0. The van der Waals surface area contributed by atoms with Gasteiger partial charge in [0.1, 0.15) is 17.6 Å². The molecule has 2 aromatic carbocycles. The van der Waals surface area contributed by atoms with E-state index in [1.165, 1.54) is 6.33 Å². The van der Waals surface area contributed by atoms with Crippen LogP contribution in [0.25, 0.3) is 39.5 Å². The number of fused-ring (bicyclic) bond motifs is 3. The van der Waals surface area contributed by atoms with Gasteiger partial charge in [0.15, 0.2) is 0 Å². The summed E-state index contributed by atoms with van der Waals surface area (Å²) in [5, 5.41) is 17.5. The van der Waals surface area contributed by atoms with Crippen molar-refractivity contribution in [2.75, 3.05) is 7.11 Å². The third-order valence-electron chi connectivity index (χ3n) is 5.32. The number of tetrazole rings is 1. The van der Waals surface area contributed by atoms with E-state index in [0.29, 0.717) is 18.1 Å². The van der Waals surface area contributed by atoms with Crippen LogP contribution in [0.1, 0.15) is 5.56 Å². The summed E-state index contributed by atoms with van der Waals surface area (Å²) < 4.78 is 7.03. The molecular formula is C22H17N9O. The highest BCUT2D eigenvalue weighted by Gasteiger charge is 2.19. The molecule has 0 saturated heterocycles. The number of aromatic amines is 1. The van der Waals surface area contributed by atoms with Crippen LogP contribution in [0, 0.1) is 0 Å². The van der Waals surface area contributed by atoms with Gasteiger partial charge >= 0.3 is 0 Å². The summed E-state index contributed by atoms with van der Waals surface area (Å²) in [4.78, 5) is 13.7. The number of hydrogen-bond donors (Lipinski definition) is 1. The lowest BCUT2D eigenvalue weighted by Gasteiger charge is -2.06. The second-order valence-corrected chi connectivity index (χ2v) is 7.21. The molecule has 1 N–H and O–H groups in total. The maximum absolute atomic E-state index is 5.31. The van der Waals surface area contributed by atoms with Crippen LogP contribution in [0.15, 0.2) is 67.1 Å². The molecule has 0 fully saturated rings. The molecule has 4 aromatic heterocycles. The molecule has 6 aromatic rings. The fourth-order valence-corrected chi connectivity index (χ4v) is 3.80. The Morgan fingerprint density at radius 1 is 0.969 bits per heavy atom. The van der Waals surface area contributed by atoms with Gasteiger partial charge in [0.2, 0.25) is 5.82 Å². The van der Waals surface area contributed by atoms with Gasteiger partial charge in [-0.3, -0.25) is 0 Å². The van der Waals surface area contributed by atoms with Gasteiger partial charge < -0.3 is 9.72 Å². The summed E-state index contributed by atoms with van der Waals surface area (Å²) in [5.74, 6) is 1.89. The van der Waals surface area contributed by atoms with Crippen molar-refractivity contribution < 1.29 is 4.74 Å². The average molecular weight is 423 g/mol. The Hall–Kier alpha value is -4.60. The van der Waals surface area contributed by atoms with Gasteiger partial charge in [-0.15, -0.1) is 10.2 Å². The highest BCUT2D eigenvalue weighted by atomic mass is 16.5. The maximum Gasteiger partial charge on any atom is 0.252 e. The number of methoxy groups -OCH3 is 1. The molecule has 0 aliphatic carbocycles. The zero-order chi connectivity index (χ0) is 21.5. The topological polar surface area (TPSA) is 112 Å². The third kappa shape index (κ3) is 2.97. The molecule has 0 saturated carbocycles. The number of benzene rings is 2. The van der Waals surface area contributed by atoms with Gasteiger partial charge in [-0.25, -0.2) is 4.98 Å². The van der Waals surface area contributed by atoms with E-state index in [-0.39, 0.29) is 0 Å². The summed E-state index contributed by atoms with van der Waals surface area (Å²) in [7, 11) is 1.65. The Labute approximate surface area is 181 Å². The van der Waals surface area contributed by atoms with E-state index in [2.05, 4.69) is 35.5 Å². The first-order valence-electron chi connectivity index (χ1n) is 9.97. The second kappa shape index (κ2) is 7.27. The van der Waals surface area contributed by atoms with Crippen LogP contribution < -0.4 is 4.74 Å². The minimum atomic E-state index is 0.389. The van der Waals surface area contributed by atoms with Crippen LogP contribution in [0.5, 0.6) is 5.75 Å². The molecule has 0 amide bonds. The number of hydrogen-bond acceptors (Lipinski definition) is 7. The number of nitrogens with one attached hydrogen (secondary N) is 1. The van der Waals surface area contributed by atoms with Crippen molar-refractivity contribution in [3.63, 3.8) is 0 Å². The van der Waals surface area contributed by atoms with Crippen LogP contribution in [-0.4, -0.2) is 51.9 Å². The molecule has 0 radical (unpaired) electrons. The summed E-state index contributed by atoms with van der Waals surface area (Å²) in [6.07, 6.45) is 3.26. The largest absolute Gasteiger partial charge is 0.497 e. The van der Waals surface area contributed by atoms with Crippen molar-refractivity contribution >= 4 is 16.8 Å². The first-order valence-corrected chi connectivity index (χ1v) is 9.97. The Morgan fingerprint density at radius 2 is 1.81 bits per heavy atom. The van der Waals surface area contributed by atoms with E-state index < -0.39 is 0 Å². The smallest absolute Gasteiger partial charge is 0.252 e. The number of ether oxygens (including phenoxy) is 1. The van der Waals surface area contributed by atoms with Crippen LogP contribution in [0.2, 0.25) is 0 Å². The minimum absolute atomic E-state index is 0.389. The Morgan fingerprint density at radius 3 is 2.62 bits per heavy atom. The van der Waals surface area contributed by atoms with E-state index in [4.69, 9.17) is 4.74 Å². The minimum Gasteiger partial charge on any atom is -0.497 e. The van der Waals surface area contributed by atoms with Gasteiger partial charge in [0, 0.05) is 11.1 Å². The molecule has 10 heteroatoms. The van der Waals surface area contributed by atoms with Crippen LogP contribution >= 0.6 is 0 Å². The van der Waals surface area contributed by atoms with Gasteiger partial charge in [0.05, 0.1) is 31.1 Å². The number of aromatic nitrogens is 9. The van der Waals surface area contributed by atoms with Gasteiger partial charge in [-0.1, -0.05) is 30.3 Å². The van der Waals surface area contributed by atoms with E-state index >= 15 is 0 Å². The van der Waals surface area contributed by atoms with Crippen molar-refractivity contribution in [2.45, 2.75) is 6.54 Å². The van der Waals surface area contributed by atoms with Crippen molar-refractivity contribution in [2.24, 2.45) is 0 Å². The lowest BCUT2D eigenvalue weighted by Crippen LogP contribution is -2.06. The van der Waals surface area contributed by atoms with Crippen molar-refractivity contribution in [1.29, 1.82) is 0 Å². The average Bonchev–Trinajstić information content (AvgIpc) is 3.58. The molecule has 0 bridgehead atoms. The number of H-pyrrole nitrogens is 1. The first kappa shape index (κ1) is 18.2. The van der Waals surface area contributed by atoms with Gasteiger partial charge in [-0.05, 0) is 35.0 Å². The van der Waals surface area contributed by atoms with E-state index in [1.807, 2.05) is 54.6 Å². The molecule has 6 rings (SSSR count). The van der Waals surface area contributed by atoms with Gasteiger partial charge in [-0.2, -0.15) is 19.4 Å². The summed E-state index contributed by atoms with van der Waals surface area (Å²) in [5.41, 5.74) is 5.50. The molecular weight excluding hydrogens is 406 g/mol. The molecule has 0 spiro atoms. The van der Waals surface area contributed by atoms with Crippen LogP contribution in [0.4, 0.5) is 0 Å². The quantitative estimate of drug-likeness (QED) is 0.454. The van der Waals surface area contributed by atoms with Crippen molar-refractivity contribution in [1.82, 2.24) is 44.8 Å². The van der Waals surface area contributed by atoms with Crippen molar-refractivity contribution in [3.05, 3.63) is 72.7 Å². The highest BCUT2D eigenvalue weighted by Crippen LogP contribution is 2.31. The Balaban J connectivity index is 1.51. The monoisotopic (exact) mass is 423 g/mol. The molecule has 0 aliphatic heterocycles. The molecule has 0 aliphatic rings. The lowest BCUT2D eigenvalue weighted by atomic mass is 10.1. The summed E-state index contributed by atoms with van der Waals surface area (Å²) in [6.45, 7) is 0.389. The second-order valence-electron chi connectivity index (χ2n) is 7.21. The standard InChI is InChI=1S/C22H17N9O/c1-32-16-9-7-14(8-10-16)19-17(20-18(26-19)11-23-22-24-13-25-31(20)22)12-30-28-21(27-29-30)15-5-3-2-4-6-15/h2-11,13,26H,12H2,1H3. The number of nitrogens with zero attached hydrogens (tertiary/aromatic N) is 8. The molecule has 156 valence electrons.